The molecule has 0 aromatic carbocycles. The normalized spacial score (nSPS) is 11.7. The fourth-order valence-corrected chi connectivity index (χ4v) is 0.321. The third kappa shape index (κ3) is 54.6. The average molecular weight is 458 g/mol. The molecule has 18 heavy (non-hydrogen) atoms. The van der Waals surface area contributed by atoms with Gasteiger partial charge in [-0.3, -0.25) is 0 Å². The quantitative estimate of drug-likeness (QED) is 0.304. The summed E-state index contributed by atoms with van der Waals surface area (Å²) in [5, 5.41) is 0.335. The molecule has 0 amide bonds. The summed E-state index contributed by atoms with van der Waals surface area (Å²) in [4.78, 5) is 0. The molecule has 0 aliphatic heterocycles. The van der Waals surface area contributed by atoms with Crippen LogP contribution in [0.15, 0.2) is 0 Å². The minimum Gasteiger partial charge on any atom is -0.0312 e. The SMILES string of the molecule is CC(C)(C)PCl.[C-]#[O+].[C-]#[O+].[C-]#[O+].[CH]1[CH][CH][CH][CH]1.[W]. The van der Waals surface area contributed by atoms with Gasteiger partial charge in [0.05, 0.1) is 0 Å². The van der Waals surface area contributed by atoms with Crippen molar-refractivity contribution in [2.45, 2.75) is 25.9 Å². The second kappa shape index (κ2) is 30.6. The third-order valence-electron chi connectivity index (χ3n) is 0.839. The van der Waals surface area contributed by atoms with Crippen molar-refractivity contribution < 1.29 is 35.0 Å². The molecule has 0 saturated heterocycles. The molecule has 0 aromatic rings. The minimum absolute atomic E-state index is 0. The summed E-state index contributed by atoms with van der Waals surface area (Å²) < 4.78 is 22.5. The van der Waals surface area contributed by atoms with Crippen molar-refractivity contribution >= 4 is 19.2 Å². The van der Waals surface area contributed by atoms with Crippen molar-refractivity contribution in [3.8, 4) is 0 Å². The molecule has 6 heteroatoms. The standard InChI is InChI=1S/C5H5.C4H10ClP.3CO.W/c1-2-4-5-3-1;1-4(2,3)6-5;3*1-2;/h1-5H;6H,1-3H3;;;;. The second-order valence-corrected chi connectivity index (χ2v) is 5.56. The smallest absolute Gasteiger partial charge is 0 e. The van der Waals surface area contributed by atoms with E-state index in [1.54, 1.807) is 0 Å². The number of halogens is 1. The Hall–Kier alpha value is 0.628. The van der Waals surface area contributed by atoms with Crippen LogP contribution in [-0.2, 0) is 35.0 Å². The molecule has 1 atom stereocenters. The maximum Gasteiger partial charge on any atom is 0 e. The Morgan fingerprint density at radius 1 is 0.778 bits per heavy atom. The van der Waals surface area contributed by atoms with Crippen molar-refractivity contribution in [3.63, 3.8) is 0 Å². The first kappa shape index (κ1) is 31.2. The van der Waals surface area contributed by atoms with Crippen molar-refractivity contribution in [1.82, 2.24) is 0 Å². The Morgan fingerprint density at radius 3 is 0.944 bits per heavy atom. The number of rotatable bonds is 0. The summed E-state index contributed by atoms with van der Waals surface area (Å²) in [6, 6.07) is 0. The van der Waals surface area contributed by atoms with Gasteiger partial charge < -0.3 is 0 Å². The van der Waals surface area contributed by atoms with E-state index in [0.29, 0.717) is 13.1 Å². The van der Waals surface area contributed by atoms with Gasteiger partial charge in [-0.15, -0.1) is 0 Å². The van der Waals surface area contributed by atoms with Gasteiger partial charge in [0, 0.05) is 21.1 Å². The molecule has 99 valence electrons. The van der Waals surface area contributed by atoms with Crippen LogP contribution in [0.5, 0.6) is 0 Å². The van der Waals surface area contributed by atoms with E-state index in [1.165, 1.54) is 0 Å². The largest absolute Gasteiger partial charge is 0.0312 e. The fraction of sp³-hybridized carbons (Fsp3) is 0.333. The second-order valence-electron chi connectivity index (χ2n) is 3.31. The molecule has 1 fully saturated rings. The van der Waals surface area contributed by atoms with Crippen molar-refractivity contribution in [2.24, 2.45) is 0 Å². The third-order valence-corrected chi connectivity index (χ3v) is 3.11. The van der Waals surface area contributed by atoms with Gasteiger partial charge in [0.25, 0.3) is 0 Å². The van der Waals surface area contributed by atoms with E-state index in [0.717, 1.165) is 0 Å². The molecule has 0 spiro atoms. The van der Waals surface area contributed by atoms with Gasteiger partial charge in [0.2, 0.25) is 0 Å². The topological polar surface area (TPSA) is 59.7 Å². The molecule has 5 radical (unpaired) electrons. The molecule has 0 bridgehead atoms. The molecule has 0 heterocycles. The summed E-state index contributed by atoms with van der Waals surface area (Å²) >= 11 is 5.51. The van der Waals surface area contributed by atoms with E-state index in [4.69, 9.17) is 25.2 Å². The maximum absolute atomic E-state index is 7.50. The van der Waals surface area contributed by atoms with Crippen LogP contribution >= 0.6 is 19.2 Å². The van der Waals surface area contributed by atoms with Crippen LogP contribution in [-0.4, -0.2) is 5.16 Å². The summed E-state index contributed by atoms with van der Waals surface area (Å²) in [5.74, 6) is 0. The predicted molar refractivity (Wildman–Crippen MR) is 67.2 cm³/mol. The van der Waals surface area contributed by atoms with E-state index in [-0.39, 0.29) is 21.1 Å². The van der Waals surface area contributed by atoms with Crippen molar-refractivity contribution in [1.29, 1.82) is 0 Å². The van der Waals surface area contributed by atoms with E-state index >= 15 is 0 Å². The van der Waals surface area contributed by atoms with Crippen LogP contribution in [0.3, 0.4) is 0 Å². The zero-order chi connectivity index (χ0) is 14.7. The summed E-state index contributed by atoms with van der Waals surface area (Å²) in [6.07, 6.45) is 10.0. The van der Waals surface area contributed by atoms with Gasteiger partial charge in [-0.05, 0) is 45.2 Å². The van der Waals surface area contributed by atoms with Crippen LogP contribution < -0.4 is 0 Å². The van der Waals surface area contributed by atoms with E-state index in [1.807, 2.05) is 32.1 Å². The number of hydrogen-bond donors (Lipinski definition) is 0. The Balaban J connectivity index is -0.0000000428. The minimum atomic E-state index is 0. The first-order valence-corrected chi connectivity index (χ1v) is 6.23. The molecular weight excluding hydrogens is 442 g/mol. The van der Waals surface area contributed by atoms with Gasteiger partial charge in [0.15, 0.2) is 0 Å². The maximum atomic E-state index is 7.50. The number of hydrogen-bond acceptors (Lipinski definition) is 0. The van der Waals surface area contributed by atoms with Crippen LogP contribution in [0, 0.1) is 52.1 Å². The van der Waals surface area contributed by atoms with Crippen molar-refractivity contribution in [2.75, 3.05) is 0 Å². The predicted octanol–water partition coefficient (Wildman–Crippen LogP) is 3.52. The van der Waals surface area contributed by atoms with Gasteiger partial charge in [-0.2, -0.15) is 0 Å². The molecule has 3 nitrogen and oxygen atoms in total. The Morgan fingerprint density at radius 2 is 0.889 bits per heavy atom. The molecule has 1 rings (SSSR count). The molecular formula is C12H15ClO3PW. The van der Waals surface area contributed by atoms with Gasteiger partial charge >= 0.3 is 33.9 Å². The monoisotopic (exact) mass is 457 g/mol. The first-order valence-electron chi connectivity index (χ1n) is 4.22. The van der Waals surface area contributed by atoms with E-state index < -0.39 is 0 Å². The van der Waals surface area contributed by atoms with E-state index in [2.05, 4.69) is 40.7 Å². The Labute approximate surface area is 132 Å². The van der Waals surface area contributed by atoms with Crippen LogP contribution in [0.2, 0.25) is 0 Å². The van der Waals surface area contributed by atoms with Gasteiger partial charge in [-0.25, -0.2) is 0 Å². The molecule has 1 saturated carbocycles. The van der Waals surface area contributed by atoms with Crippen LogP contribution in [0.1, 0.15) is 20.8 Å². The summed E-state index contributed by atoms with van der Waals surface area (Å²) in [6.45, 7) is 19.9. The molecule has 1 aliphatic rings. The summed E-state index contributed by atoms with van der Waals surface area (Å²) in [7, 11) is 0.539. The molecule has 1 unspecified atom stereocenters. The Bertz CT molecular complexity index is 162. The van der Waals surface area contributed by atoms with Crippen LogP contribution in [0.25, 0.3) is 0 Å². The van der Waals surface area contributed by atoms with Crippen LogP contribution in [0.4, 0.5) is 0 Å². The molecule has 0 aromatic heterocycles. The van der Waals surface area contributed by atoms with Crippen molar-refractivity contribution in [3.05, 3.63) is 52.1 Å². The Kier molecular flexibility index (Phi) is 52.9. The van der Waals surface area contributed by atoms with Gasteiger partial charge in [0.1, 0.15) is 0 Å². The van der Waals surface area contributed by atoms with E-state index in [9.17, 15) is 0 Å². The zero-order valence-electron chi connectivity index (χ0n) is 10.4. The molecule has 0 N–H and O–H groups in total. The average Bonchev–Trinajstić information content (AvgIpc) is 2.95. The summed E-state index contributed by atoms with van der Waals surface area (Å²) in [5.41, 5.74) is 0. The first-order chi connectivity index (χ1) is 8.06. The molecule has 1 aliphatic carbocycles. The van der Waals surface area contributed by atoms with Gasteiger partial charge in [-0.1, -0.05) is 32.0 Å². The zero-order valence-corrected chi connectivity index (χ0v) is 15.1. The fourth-order valence-electron chi connectivity index (χ4n) is 0.321.